The van der Waals surface area contributed by atoms with Crippen LogP contribution < -0.4 is 0 Å². The molecule has 0 radical (unpaired) electrons. The Morgan fingerprint density at radius 3 is 2.77 bits per heavy atom. The Morgan fingerprint density at radius 1 is 1.38 bits per heavy atom. The third-order valence-corrected chi connectivity index (χ3v) is 2.90. The Labute approximate surface area is 81.3 Å². The summed E-state index contributed by atoms with van der Waals surface area (Å²) < 4.78 is 0. The lowest BCUT2D eigenvalue weighted by molar-refractivity contribution is 0.153. The molecule has 1 N–H and O–H groups in total. The van der Waals surface area contributed by atoms with E-state index in [9.17, 15) is 0 Å². The summed E-state index contributed by atoms with van der Waals surface area (Å²) in [5, 5.41) is 8.90. The van der Waals surface area contributed by atoms with Gasteiger partial charge < -0.3 is 10.0 Å². The molecule has 3 nitrogen and oxygen atoms in total. The van der Waals surface area contributed by atoms with Crippen LogP contribution in [0.4, 0.5) is 0 Å². The van der Waals surface area contributed by atoms with E-state index in [1.54, 1.807) is 0 Å². The van der Waals surface area contributed by atoms with Crippen molar-refractivity contribution >= 4 is 0 Å². The summed E-state index contributed by atoms with van der Waals surface area (Å²) >= 11 is 0. The molecule has 1 atom stereocenters. The Kier molecular flexibility index (Phi) is 4.70. The van der Waals surface area contributed by atoms with Crippen LogP contribution in [0.3, 0.4) is 0 Å². The van der Waals surface area contributed by atoms with Gasteiger partial charge in [-0.05, 0) is 33.0 Å². The molecule has 78 valence electrons. The van der Waals surface area contributed by atoms with Crippen LogP contribution in [0.25, 0.3) is 0 Å². The van der Waals surface area contributed by atoms with E-state index in [0.29, 0.717) is 6.04 Å². The van der Waals surface area contributed by atoms with Gasteiger partial charge in [0.2, 0.25) is 0 Å². The lowest BCUT2D eigenvalue weighted by Crippen LogP contribution is -2.40. The van der Waals surface area contributed by atoms with Crippen molar-refractivity contribution in [3.8, 4) is 0 Å². The fraction of sp³-hybridized carbons (Fsp3) is 1.00. The number of rotatable bonds is 3. The van der Waals surface area contributed by atoms with Gasteiger partial charge in [-0.2, -0.15) is 0 Å². The van der Waals surface area contributed by atoms with Crippen LogP contribution in [0.15, 0.2) is 0 Å². The van der Waals surface area contributed by atoms with Crippen molar-refractivity contribution in [2.45, 2.75) is 26.3 Å². The van der Waals surface area contributed by atoms with Crippen LogP contribution in [-0.2, 0) is 0 Å². The lowest BCUT2D eigenvalue weighted by Gasteiger charge is -2.27. The first-order chi connectivity index (χ1) is 6.27. The highest BCUT2D eigenvalue weighted by Gasteiger charge is 2.19. The van der Waals surface area contributed by atoms with Crippen LogP contribution in [0, 0.1) is 0 Å². The minimum absolute atomic E-state index is 0.288. The van der Waals surface area contributed by atoms with E-state index in [4.69, 9.17) is 5.11 Å². The second-order valence-electron chi connectivity index (χ2n) is 3.86. The van der Waals surface area contributed by atoms with Crippen molar-refractivity contribution in [1.82, 2.24) is 9.80 Å². The molecule has 1 unspecified atom stereocenters. The minimum Gasteiger partial charge on any atom is -0.395 e. The molecule has 0 bridgehead atoms. The standard InChI is InChI=1S/C10H22N2O/c1-3-11-5-4-6-12(7-8-13)10(2)9-11/h10,13H,3-9H2,1-2H3. The Bertz CT molecular complexity index is 141. The van der Waals surface area contributed by atoms with Crippen molar-refractivity contribution in [2.75, 3.05) is 39.3 Å². The van der Waals surface area contributed by atoms with Crippen LogP contribution >= 0.6 is 0 Å². The summed E-state index contributed by atoms with van der Waals surface area (Å²) in [5.41, 5.74) is 0. The SMILES string of the molecule is CCN1CCCN(CCO)C(C)C1. The number of hydrogen-bond acceptors (Lipinski definition) is 3. The first-order valence-electron chi connectivity index (χ1n) is 5.35. The molecule has 1 aliphatic rings. The molecule has 0 saturated carbocycles. The number of aliphatic hydroxyl groups is 1. The van der Waals surface area contributed by atoms with Crippen molar-refractivity contribution in [2.24, 2.45) is 0 Å². The fourth-order valence-electron chi connectivity index (χ4n) is 2.05. The lowest BCUT2D eigenvalue weighted by atomic mass is 10.2. The number of aliphatic hydroxyl groups excluding tert-OH is 1. The zero-order valence-corrected chi connectivity index (χ0v) is 8.87. The van der Waals surface area contributed by atoms with Gasteiger partial charge in [0.25, 0.3) is 0 Å². The normalized spacial score (nSPS) is 27.5. The topological polar surface area (TPSA) is 26.7 Å². The number of nitrogens with zero attached hydrogens (tertiary/aromatic N) is 2. The smallest absolute Gasteiger partial charge is 0.0558 e. The maximum Gasteiger partial charge on any atom is 0.0558 e. The third kappa shape index (κ3) is 3.25. The second-order valence-corrected chi connectivity index (χ2v) is 3.86. The molecule has 0 aliphatic carbocycles. The molecule has 0 aromatic rings. The molecule has 0 aromatic heterocycles. The van der Waals surface area contributed by atoms with E-state index >= 15 is 0 Å². The maximum atomic E-state index is 8.90. The summed E-state index contributed by atoms with van der Waals surface area (Å²) in [7, 11) is 0. The van der Waals surface area contributed by atoms with Gasteiger partial charge in [-0.1, -0.05) is 6.92 Å². The molecule has 0 spiro atoms. The van der Waals surface area contributed by atoms with Crippen molar-refractivity contribution in [1.29, 1.82) is 0 Å². The van der Waals surface area contributed by atoms with Crippen LogP contribution in [0.5, 0.6) is 0 Å². The molecule has 13 heavy (non-hydrogen) atoms. The molecule has 1 fully saturated rings. The summed E-state index contributed by atoms with van der Waals surface area (Å²) in [6.45, 7) is 10.2. The Balaban J connectivity index is 2.41. The first-order valence-corrected chi connectivity index (χ1v) is 5.35. The van der Waals surface area contributed by atoms with Gasteiger partial charge in [-0.25, -0.2) is 0 Å². The number of β-amino-alcohol motifs (C(OH)–C–C–N with tert-alkyl or cyclic N) is 1. The Hall–Kier alpha value is -0.120. The van der Waals surface area contributed by atoms with Gasteiger partial charge in [-0.15, -0.1) is 0 Å². The van der Waals surface area contributed by atoms with Crippen LogP contribution in [-0.4, -0.2) is 60.3 Å². The van der Waals surface area contributed by atoms with Gasteiger partial charge in [0.1, 0.15) is 0 Å². The third-order valence-electron chi connectivity index (χ3n) is 2.90. The van der Waals surface area contributed by atoms with E-state index < -0.39 is 0 Å². The Morgan fingerprint density at radius 2 is 2.15 bits per heavy atom. The highest BCUT2D eigenvalue weighted by atomic mass is 16.3. The average Bonchev–Trinajstić information content (AvgIpc) is 2.30. The molecule has 1 aliphatic heterocycles. The summed E-state index contributed by atoms with van der Waals surface area (Å²) in [6, 6.07) is 0.592. The van der Waals surface area contributed by atoms with E-state index in [0.717, 1.165) is 26.2 Å². The first kappa shape index (κ1) is 11.0. The molecule has 0 aromatic carbocycles. The molecule has 1 saturated heterocycles. The van der Waals surface area contributed by atoms with Crippen molar-refractivity contribution in [3.63, 3.8) is 0 Å². The van der Waals surface area contributed by atoms with Gasteiger partial charge in [0.15, 0.2) is 0 Å². The van der Waals surface area contributed by atoms with E-state index in [-0.39, 0.29) is 6.61 Å². The highest BCUT2D eigenvalue weighted by Crippen LogP contribution is 2.08. The number of hydrogen-bond donors (Lipinski definition) is 1. The molecule has 1 heterocycles. The molecular weight excluding hydrogens is 164 g/mol. The summed E-state index contributed by atoms with van der Waals surface area (Å²) in [4.78, 5) is 4.87. The molecule has 1 rings (SSSR count). The number of likely N-dealkylation sites (N-methyl/N-ethyl adjacent to an activating group) is 1. The molecule has 3 heteroatoms. The van der Waals surface area contributed by atoms with E-state index in [1.165, 1.54) is 13.0 Å². The summed E-state index contributed by atoms with van der Waals surface area (Å²) in [6.07, 6.45) is 1.23. The second kappa shape index (κ2) is 5.58. The van der Waals surface area contributed by atoms with Crippen LogP contribution in [0.1, 0.15) is 20.3 Å². The van der Waals surface area contributed by atoms with E-state index in [2.05, 4.69) is 23.6 Å². The van der Waals surface area contributed by atoms with Gasteiger partial charge >= 0.3 is 0 Å². The molecular formula is C10H22N2O. The zero-order chi connectivity index (χ0) is 9.68. The largest absolute Gasteiger partial charge is 0.395 e. The highest BCUT2D eigenvalue weighted by molar-refractivity contribution is 4.75. The summed E-state index contributed by atoms with van der Waals surface area (Å²) in [5.74, 6) is 0. The zero-order valence-electron chi connectivity index (χ0n) is 8.87. The van der Waals surface area contributed by atoms with Gasteiger partial charge in [0.05, 0.1) is 6.61 Å². The van der Waals surface area contributed by atoms with Crippen LogP contribution in [0.2, 0.25) is 0 Å². The predicted molar refractivity (Wildman–Crippen MR) is 54.9 cm³/mol. The quantitative estimate of drug-likeness (QED) is 0.691. The predicted octanol–water partition coefficient (Wildman–Crippen LogP) is 0.395. The molecule has 0 amide bonds. The maximum absolute atomic E-state index is 8.90. The average molecular weight is 186 g/mol. The van der Waals surface area contributed by atoms with Gasteiger partial charge in [0, 0.05) is 19.1 Å². The minimum atomic E-state index is 0.288. The fourth-order valence-corrected chi connectivity index (χ4v) is 2.05. The van der Waals surface area contributed by atoms with Gasteiger partial charge in [-0.3, -0.25) is 4.90 Å². The van der Waals surface area contributed by atoms with Crippen molar-refractivity contribution < 1.29 is 5.11 Å². The van der Waals surface area contributed by atoms with E-state index in [1.807, 2.05) is 0 Å². The monoisotopic (exact) mass is 186 g/mol. The van der Waals surface area contributed by atoms with Crippen molar-refractivity contribution in [3.05, 3.63) is 0 Å².